The summed E-state index contributed by atoms with van der Waals surface area (Å²) in [6.45, 7) is 1.49. The number of guanidine groups is 1. The minimum atomic E-state index is -1.15. The SMILES string of the molecule is CC(=O)N[C@H](Cc1ccc2ccccc2c1)C(=O)N[C@@H](CCCN=C(N)N)C(=O)N[C@H](Cc1ccc(I)cc1)C(=O)N[C@@H](Cc1ccccc1)C(N)=O. The number of rotatable bonds is 18. The maximum Gasteiger partial charge on any atom is 0.243 e. The van der Waals surface area contributed by atoms with Crippen LogP contribution in [0.4, 0.5) is 0 Å². The summed E-state index contributed by atoms with van der Waals surface area (Å²) in [5.74, 6) is -3.15. The lowest BCUT2D eigenvalue weighted by Gasteiger charge is -2.26. The third kappa shape index (κ3) is 13.2. The van der Waals surface area contributed by atoms with E-state index >= 15 is 0 Å². The predicted molar refractivity (Wildman–Crippen MR) is 213 cm³/mol. The maximum absolute atomic E-state index is 14.1. The van der Waals surface area contributed by atoms with E-state index in [2.05, 4.69) is 48.9 Å². The summed E-state index contributed by atoms with van der Waals surface area (Å²) in [7, 11) is 0. The molecule has 13 nitrogen and oxygen atoms in total. The van der Waals surface area contributed by atoms with Crippen LogP contribution in [0.3, 0.4) is 0 Å². The average Bonchev–Trinajstić information content (AvgIpc) is 3.12. The van der Waals surface area contributed by atoms with Crippen LogP contribution in [0, 0.1) is 3.57 Å². The van der Waals surface area contributed by atoms with Crippen LogP contribution in [-0.4, -0.2) is 66.2 Å². The quantitative estimate of drug-likeness (QED) is 0.0342. The number of benzene rings is 4. The van der Waals surface area contributed by atoms with Gasteiger partial charge in [0.05, 0.1) is 0 Å². The maximum atomic E-state index is 14.1. The molecule has 4 atom stereocenters. The Bertz CT molecular complexity index is 1920. The number of fused-ring (bicyclic) bond motifs is 1. The summed E-state index contributed by atoms with van der Waals surface area (Å²) in [6, 6.07) is 25.7. The fraction of sp³-hybridized carbons (Fsp3) is 0.282. The second kappa shape index (κ2) is 19.9. The summed E-state index contributed by atoms with van der Waals surface area (Å²) in [4.78, 5) is 70.4. The Balaban J connectivity index is 1.58. The molecule has 0 heterocycles. The third-order valence-corrected chi connectivity index (χ3v) is 9.17. The highest BCUT2D eigenvalue weighted by molar-refractivity contribution is 14.1. The topological polar surface area (TPSA) is 224 Å². The average molecular weight is 833 g/mol. The van der Waals surface area contributed by atoms with Gasteiger partial charge in [0, 0.05) is 36.3 Å². The largest absolute Gasteiger partial charge is 0.370 e. The van der Waals surface area contributed by atoms with Gasteiger partial charge >= 0.3 is 0 Å². The van der Waals surface area contributed by atoms with Gasteiger partial charge in [-0.3, -0.25) is 29.0 Å². The molecular formula is C39H45IN8O5. The van der Waals surface area contributed by atoms with E-state index in [4.69, 9.17) is 17.2 Å². The van der Waals surface area contributed by atoms with Crippen LogP contribution >= 0.6 is 22.6 Å². The molecule has 0 aliphatic heterocycles. The molecule has 0 saturated heterocycles. The number of carbonyl (C=O) groups excluding carboxylic acids is 5. The number of nitrogens with two attached hydrogens (primary N) is 3. The van der Waals surface area contributed by atoms with Crippen LogP contribution in [0.15, 0.2) is 102 Å². The molecule has 5 amide bonds. The smallest absolute Gasteiger partial charge is 0.243 e. The molecule has 4 aromatic carbocycles. The number of hydrogen-bond donors (Lipinski definition) is 7. The van der Waals surface area contributed by atoms with Crippen LogP contribution < -0.4 is 38.5 Å². The molecule has 0 bridgehead atoms. The van der Waals surface area contributed by atoms with E-state index in [1.54, 1.807) is 0 Å². The van der Waals surface area contributed by atoms with Crippen molar-refractivity contribution in [2.24, 2.45) is 22.2 Å². The lowest BCUT2D eigenvalue weighted by atomic mass is 10.00. The fourth-order valence-electron chi connectivity index (χ4n) is 5.78. The molecule has 0 unspecified atom stereocenters. The molecule has 0 aliphatic rings. The van der Waals surface area contributed by atoms with Crippen LogP contribution in [-0.2, 0) is 43.2 Å². The Hall–Kier alpha value is -5.51. The third-order valence-electron chi connectivity index (χ3n) is 8.45. The first-order chi connectivity index (χ1) is 25.4. The van der Waals surface area contributed by atoms with E-state index in [0.717, 1.165) is 31.0 Å². The summed E-state index contributed by atoms with van der Waals surface area (Å²) in [5, 5.41) is 13.0. The Kier molecular flexibility index (Phi) is 15.1. The molecule has 0 radical (unpaired) electrons. The lowest BCUT2D eigenvalue weighted by molar-refractivity contribution is -0.134. The first-order valence-electron chi connectivity index (χ1n) is 17.2. The van der Waals surface area contributed by atoms with E-state index in [0.29, 0.717) is 6.42 Å². The highest BCUT2D eigenvalue weighted by atomic mass is 127. The first kappa shape index (κ1) is 40.3. The van der Waals surface area contributed by atoms with E-state index < -0.39 is 53.7 Å². The Morgan fingerprint density at radius 3 is 1.75 bits per heavy atom. The zero-order valence-corrected chi connectivity index (χ0v) is 31.5. The molecule has 10 N–H and O–H groups in total. The normalized spacial score (nSPS) is 13.1. The van der Waals surface area contributed by atoms with Crippen molar-refractivity contribution in [3.63, 3.8) is 0 Å². The summed E-state index contributed by atoms with van der Waals surface area (Å²) >= 11 is 2.17. The van der Waals surface area contributed by atoms with Crippen molar-refractivity contribution in [2.45, 2.75) is 63.2 Å². The van der Waals surface area contributed by atoms with Gasteiger partial charge in [-0.1, -0.05) is 84.9 Å². The monoisotopic (exact) mass is 832 g/mol. The molecule has 4 aromatic rings. The lowest BCUT2D eigenvalue weighted by Crippen LogP contribution is -2.59. The Labute approximate surface area is 322 Å². The molecule has 0 saturated carbocycles. The number of nitrogens with zero attached hydrogens (tertiary/aromatic N) is 1. The van der Waals surface area contributed by atoms with Gasteiger partial charge in [-0.05, 0) is 75.0 Å². The number of aliphatic imine (C=N–C) groups is 1. The standard InChI is InChI=1S/C39H45IN8O5/c1-24(49)45-33(23-27-13-16-28-10-5-6-11-29(28)20-27)37(52)46-31(12-7-19-44-39(42)43)36(51)48-34(22-26-14-17-30(40)18-15-26)38(53)47-32(35(41)50)21-25-8-3-2-4-9-25/h2-6,8-11,13-18,20,31-34H,7,12,19,21-23H2,1H3,(H2,41,50)(H,45,49)(H,46,52)(H,47,53)(H,48,51)(H4,42,43,44)/t31-,32-,33+,34+/m0/s1. The fourth-order valence-corrected chi connectivity index (χ4v) is 6.14. The van der Waals surface area contributed by atoms with Gasteiger partial charge in [0.1, 0.15) is 24.2 Å². The van der Waals surface area contributed by atoms with Crippen molar-refractivity contribution >= 4 is 68.9 Å². The van der Waals surface area contributed by atoms with Crippen molar-refractivity contribution in [2.75, 3.05) is 6.54 Å². The molecule has 0 spiro atoms. The molecule has 0 aromatic heterocycles. The minimum absolute atomic E-state index is 0.0798. The van der Waals surface area contributed by atoms with Gasteiger partial charge in [-0.15, -0.1) is 0 Å². The van der Waals surface area contributed by atoms with E-state index in [1.807, 2.05) is 97.1 Å². The van der Waals surface area contributed by atoms with Crippen molar-refractivity contribution in [1.29, 1.82) is 0 Å². The van der Waals surface area contributed by atoms with Crippen molar-refractivity contribution in [3.05, 3.63) is 117 Å². The highest BCUT2D eigenvalue weighted by Crippen LogP contribution is 2.17. The van der Waals surface area contributed by atoms with Crippen LogP contribution in [0.1, 0.15) is 36.5 Å². The van der Waals surface area contributed by atoms with Gasteiger partial charge < -0.3 is 38.5 Å². The molecule has 278 valence electrons. The van der Waals surface area contributed by atoms with Crippen LogP contribution in [0.5, 0.6) is 0 Å². The number of halogens is 1. The molecular weight excluding hydrogens is 787 g/mol. The van der Waals surface area contributed by atoms with Gasteiger partial charge in [-0.25, -0.2) is 0 Å². The van der Waals surface area contributed by atoms with Gasteiger partial charge in [-0.2, -0.15) is 0 Å². The molecule has 0 fully saturated rings. The zero-order valence-electron chi connectivity index (χ0n) is 29.4. The van der Waals surface area contributed by atoms with E-state index in [1.165, 1.54) is 6.92 Å². The Morgan fingerprint density at radius 2 is 1.11 bits per heavy atom. The summed E-state index contributed by atoms with van der Waals surface area (Å²) in [6.07, 6.45) is 0.799. The van der Waals surface area contributed by atoms with Crippen molar-refractivity contribution in [3.8, 4) is 0 Å². The van der Waals surface area contributed by atoms with Crippen molar-refractivity contribution in [1.82, 2.24) is 21.3 Å². The molecule has 53 heavy (non-hydrogen) atoms. The second-order valence-corrected chi connectivity index (χ2v) is 13.9. The van der Waals surface area contributed by atoms with Gasteiger partial charge in [0.15, 0.2) is 5.96 Å². The predicted octanol–water partition coefficient (Wildman–Crippen LogP) is 1.97. The molecule has 14 heteroatoms. The van der Waals surface area contributed by atoms with Crippen LogP contribution in [0.25, 0.3) is 10.8 Å². The summed E-state index contributed by atoms with van der Waals surface area (Å²) < 4.78 is 0.981. The number of amides is 5. The highest BCUT2D eigenvalue weighted by Gasteiger charge is 2.31. The number of hydrogen-bond acceptors (Lipinski definition) is 6. The molecule has 4 rings (SSSR count). The number of primary amides is 1. The number of nitrogens with one attached hydrogen (secondary N) is 4. The van der Waals surface area contributed by atoms with Crippen molar-refractivity contribution < 1.29 is 24.0 Å². The zero-order chi connectivity index (χ0) is 38.3. The van der Waals surface area contributed by atoms with Gasteiger partial charge in [0.2, 0.25) is 29.5 Å². The minimum Gasteiger partial charge on any atom is -0.370 e. The first-order valence-corrected chi connectivity index (χ1v) is 18.2. The van der Waals surface area contributed by atoms with Gasteiger partial charge in [0.25, 0.3) is 0 Å². The van der Waals surface area contributed by atoms with Crippen LogP contribution in [0.2, 0.25) is 0 Å². The molecule has 0 aliphatic carbocycles. The van der Waals surface area contributed by atoms with E-state index in [9.17, 15) is 24.0 Å². The Morgan fingerprint density at radius 1 is 0.604 bits per heavy atom. The number of carbonyl (C=O) groups is 5. The summed E-state index contributed by atoms with van der Waals surface area (Å²) in [5.41, 5.74) is 19.0. The second-order valence-electron chi connectivity index (χ2n) is 12.7. The van der Waals surface area contributed by atoms with E-state index in [-0.39, 0.29) is 38.2 Å².